The summed E-state index contributed by atoms with van der Waals surface area (Å²) in [5, 5.41) is 8.30. The number of rotatable bonds is 4. The van der Waals surface area contributed by atoms with Crippen LogP contribution in [0.3, 0.4) is 0 Å². The average Bonchev–Trinajstić information content (AvgIpc) is 3.08. The van der Waals surface area contributed by atoms with Crippen molar-refractivity contribution >= 4 is 23.8 Å². The Kier molecular flexibility index (Phi) is 4.00. The Labute approximate surface area is 171 Å². The number of halogens is 2. The van der Waals surface area contributed by atoms with Crippen LogP contribution in [0.15, 0.2) is 35.7 Å². The van der Waals surface area contributed by atoms with Crippen molar-refractivity contribution in [3.8, 4) is 0 Å². The van der Waals surface area contributed by atoms with Crippen molar-refractivity contribution < 1.29 is 18.4 Å². The number of benzene rings is 1. The fourth-order valence-electron chi connectivity index (χ4n) is 4.92. The zero-order chi connectivity index (χ0) is 21.1. The Morgan fingerprint density at radius 3 is 2.43 bits per heavy atom. The standard InChI is InChI=1S/C21H19F2N5O2/c1-12-4-17(25-11-24-12)27-18(29)20-8-21(9-20,10-20)19(30)28-16(2-3-26-28)13-5-14(22)7-15(23)6-13/h3-7,11,16H,2,8-10H2,1H3,(H,24,25,27,29). The van der Waals surface area contributed by atoms with E-state index in [1.165, 1.54) is 23.5 Å². The molecule has 1 atom stereocenters. The van der Waals surface area contributed by atoms with Gasteiger partial charge in [-0.2, -0.15) is 5.10 Å². The minimum atomic E-state index is -0.689. The Morgan fingerprint density at radius 2 is 1.77 bits per heavy atom. The smallest absolute Gasteiger partial charge is 0.249 e. The lowest BCUT2D eigenvalue weighted by Gasteiger charge is -2.68. The summed E-state index contributed by atoms with van der Waals surface area (Å²) in [7, 11) is 0. The van der Waals surface area contributed by atoms with E-state index in [2.05, 4.69) is 20.4 Å². The first-order valence-electron chi connectivity index (χ1n) is 9.73. The average molecular weight is 411 g/mol. The van der Waals surface area contributed by atoms with Crippen LogP contribution in [-0.2, 0) is 9.59 Å². The molecule has 2 heterocycles. The Morgan fingerprint density at radius 1 is 1.07 bits per heavy atom. The molecule has 1 aromatic heterocycles. The lowest BCUT2D eigenvalue weighted by atomic mass is 9.34. The van der Waals surface area contributed by atoms with Crippen LogP contribution in [0, 0.1) is 29.4 Å². The van der Waals surface area contributed by atoms with E-state index in [1.807, 2.05) is 6.92 Å². The predicted octanol–water partition coefficient (Wildman–Crippen LogP) is 3.13. The van der Waals surface area contributed by atoms with Crippen LogP contribution in [0.2, 0.25) is 0 Å². The maximum Gasteiger partial charge on any atom is 0.249 e. The molecule has 154 valence electrons. The first-order chi connectivity index (χ1) is 14.3. The van der Waals surface area contributed by atoms with E-state index in [1.54, 1.807) is 12.3 Å². The third kappa shape index (κ3) is 2.79. The number of hydrazone groups is 1. The van der Waals surface area contributed by atoms with Crippen molar-refractivity contribution in [2.24, 2.45) is 15.9 Å². The highest BCUT2D eigenvalue weighted by molar-refractivity contribution is 6.02. The molecule has 3 aliphatic carbocycles. The lowest BCUT2D eigenvalue weighted by molar-refractivity contribution is -0.213. The van der Waals surface area contributed by atoms with E-state index in [9.17, 15) is 18.4 Å². The predicted molar refractivity (Wildman–Crippen MR) is 103 cm³/mol. The minimum absolute atomic E-state index is 0.149. The Bertz CT molecular complexity index is 1060. The van der Waals surface area contributed by atoms with Crippen molar-refractivity contribution in [3.05, 3.63) is 53.5 Å². The van der Waals surface area contributed by atoms with Crippen LogP contribution in [0.5, 0.6) is 0 Å². The zero-order valence-corrected chi connectivity index (χ0v) is 16.2. The van der Waals surface area contributed by atoms with Crippen LogP contribution in [-0.4, -0.2) is 33.0 Å². The van der Waals surface area contributed by atoms with Gasteiger partial charge in [-0.25, -0.2) is 23.8 Å². The van der Waals surface area contributed by atoms with Gasteiger partial charge < -0.3 is 5.32 Å². The number of hydrogen-bond donors (Lipinski definition) is 1. The molecule has 1 unspecified atom stereocenters. The summed E-state index contributed by atoms with van der Waals surface area (Å²) in [5.41, 5.74) is -0.0869. The molecule has 9 heteroatoms. The molecule has 30 heavy (non-hydrogen) atoms. The molecular formula is C21H19F2N5O2. The quantitative estimate of drug-likeness (QED) is 0.837. The van der Waals surface area contributed by atoms with Gasteiger partial charge >= 0.3 is 0 Å². The molecule has 0 saturated heterocycles. The number of carbonyl (C=O) groups excluding carboxylic acids is 2. The molecule has 2 amide bonds. The topological polar surface area (TPSA) is 87.5 Å². The van der Waals surface area contributed by atoms with Crippen LogP contribution in [0.25, 0.3) is 0 Å². The van der Waals surface area contributed by atoms with Crippen molar-refractivity contribution in [1.82, 2.24) is 15.0 Å². The maximum atomic E-state index is 13.6. The number of aromatic nitrogens is 2. The van der Waals surface area contributed by atoms with E-state index in [0.717, 1.165) is 11.8 Å². The second kappa shape index (κ2) is 6.38. The zero-order valence-electron chi connectivity index (χ0n) is 16.2. The van der Waals surface area contributed by atoms with Gasteiger partial charge in [-0.15, -0.1) is 0 Å². The SMILES string of the molecule is Cc1cc(NC(=O)C23CC(C(=O)N4N=CCC4c4cc(F)cc(F)c4)(C2)C3)ncn1. The van der Waals surface area contributed by atoms with Crippen LogP contribution >= 0.6 is 0 Å². The molecule has 3 fully saturated rings. The molecule has 7 nitrogen and oxygen atoms in total. The number of hydrogen-bond acceptors (Lipinski definition) is 5. The molecule has 1 aliphatic heterocycles. The van der Waals surface area contributed by atoms with Gasteiger partial charge in [0.25, 0.3) is 0 Å². The summed E-state index contributed by atoms with van der Waals surface area (Å²) in [6.45, 7) is 1.81. The highest BCUT2D eigenvalue weighted by Gasteiger charge is 2.75. The normalized spacial score (nSPS) is 28.6. The monoisotopic (exact) mass is 411 g/mol. The van der Waals surface area contributed by atoms with Crippen molar-refractivity contribution in [2.75, 3.05) is 5.32 Å². The fraction of sp³-hybridized carbons (Fsp3) is 0.381. The van der Waals surface area contributed by atoms with Gasteiger partial charge in [-0.1, -0.05) is 0 Å². The fourth-order valence-corrected chi connectivity index (χ4v) is 4.92. The van der Waals surface area contributed by atoms with E-state index in [0.29, 0.717) is 37.1 Å². The van der Waals surface area contributed by atoms with Gasteiger partial charge in [0.15, 0.2) is 0 Å². The second-order valence-corrected chi connectivity index (χ2v) is 8.49. The molecule has 4 aliphatic rings. The van der Waals surface area contributed by atoms with E-state index >= 15 is 0 Å². The van der Waals surface area contributed by atoms with Gasteiger partial charge in [0.2, 0.25) is 11.8 Å². The maximum absolute atomic E-state index is 13.6. The number of carbonyl (C=O) groups is 2. The Balaban J connectivity index is 1.27. The third-order valence-corrected chi connectivity index (χ3v) is 6.32. The first kappa shape index (κ1) is 18.8. The highest BCUT2D eigenvalue weighted by Crippen LogP contribution is 2.74. The van der Waals surface area contributed by atoms with Crippen molar-refractivity contribution in [3.63, 3.8) is 0 Å². The number of aryl methyl sites for hydroxylation is 1. The molecule has 6 rings (SSSR count). The molecule has 1 N–H and O–H groups in total. The van der Waals surface area contributed by atoms with Crippen molar-refractivity contribution in [1.29, 1.82) is 0 Å². The summed E-state index contributed by atoms with van der Waals surface area (Å²) in [6, 6.07) is 4.40. The number of anilines is 1. The van der Waals surface area contributed by atoms with E-state index < -0.39 is 28.5 Å². The number of nitrogens with zero attached hydrogens (tertiary/aromatic N) is 4. The molecular weight excluding hydrogens is 392 g/mol. The summed E-state index contributed by atoms with van der Waals surface area (Å²) >= 11 is 0. The van der Waals surface area contributed by atoms with Crippen LogP contribution in [0.4, 0.5) is 14.6 Å². The lowest BCUT2D eigenvalue weighted by Crippen LogP contribution is -2.71. The van der Waals surface area contributed by atoms with Gasteiger partial charge in [-0.05, 0) is 43.9 Å². The summed E-state index contributed by atoms with van der Waals surface area (Å²) in [5.74, 6) is -1.28. The first-order valence-corrected chi connectivity index (χ1v) is 9.73. The molecule has 0 radical (unpaired) electrons. The number of nitrogens with one attached hydrogen (secondary N) is 1. The highest BCUT2D eigenvalue weighted by atomic mass is 19.1. The minimum Gasteiger partial charge on any atom is -0.310 e. The van der Waals surface area contributed by atoms with Gasteiger partial charge in [0.1, 0.15) is 23.8 Å². The number of amides is 2. The van der Waals surface area contributed by atoms with Crippen LogP contribution in [0.1, 0.15) is 43.0 Å². The molecule has 0 spiro atoms. The third-order valence-electron chi connectivity index (χ3n) is 6.32. The van der Waals surface area contributed by atoms with Gasteiger partial charge in [-0.3, -0.25) is 9.59 Å². The summed E-state index contributed by atoms with van der Waals surface area (Å²) in [4.78, 5) is 33.9. The second-order valence-electron chi connectivity index (χ2n) is 8.49. The summed E-state index contributed by atoms with van der Waals surface area (Å²) < 4.78 is 27.3. The van der Waals surface area contributed by atoms with Crippen LogP contribution < -0.4 is 5.32 Å². The largest absolute Gasteiger partial charge is 0.310 e. The van der Waals surface area contributed by atoms with Gasteiger partial charge in [0.05, 0.1) is 16.9 Å². The van der Waals surface area contributed by atoms with E-state index in [4.69, 9.17) is 0 Å². The summed E-state index contributed by atoms with van der Waals surface area (Å²) in [6.07, 6.45) is 4.67. The van der Waals surface area contributed by atoms with Crippen molar-refractivity contribution in [2.45, 2.75) is 38.6 Å². The molecule has 3 saturated carbocycles. The molecule has 2 bridgehead atoms. The Hall–Kier alpha value is -3.23. The van der Waals surface area contributed by atoms with E-state index in [-0.39, 0.29) is 11.8 Å². The molecule has 1 aromatic carbocycles. The van der Waals surface area contributed by atoms with Gasteiger partial charge in [0, 0.05) is 30.5 Å². The molecule has 2 aromatic rings.